The standard InChI is InChI=1S/C12H13F3O3/c1-3-18-10(16)6-12(2,17)11-8(14)4-7(13)5-9(11)15/h4-5,17H,3,6H2,1-2H3. The number of hydrogen-bond donors (Lipinski definition) is 1. The van der Waals surface area contributed by atoms with Crippen LogP contribution >= 0.6 is 0 Å². The Kier molecular flexibility index (Phi) is 4.34. The molecule has 1 aromatic carbocycles. The summed E-state index contributed by atoms with van der Waals surface area (Å²) in [5.74, 6) is -4.39. The van der Waals surface area contributed by atoms with E-state index in [4.69, 9.17) is 0 Å². The molecule has 1 N–H and O–H groups in total. The zero-order chi connectivity index (χ0) is 13.9. The number of aliphatic hydroxyl groups is 1. The van der Waals surface area contributed by atoms with E-state index >= 15 is 0 Å². The van der Waals surface area contributed by atoms with Crippen LogP contribution in [0.5, 0.6) is 0 Å². The molecule has 0 saturated carbocycles. The van der Waals surface area contributed by atoms with Gasteiger partial charge >= 0.3 is 5.97 Å². The van der Waals surface area contributed by atoms with Crippen LogP contribution in [-0.4, -0.2) is 17.7 Å². The maximum atomic E-state index is 13.5. The van der Waals surface area contributed by atoms with E-state index in [1.165, 1.54) is 0 Å². The molecule has 1 rings (SSSR count). The Bertz CT molecular complexity index is 435. The summed E-state index contributed by atoms with van der Waals surface area (Å²) >= 11 is 0. The molecule has 0 amide bonds. The summed E-state index contributed by atoms with van der Waals surface area (Å²) in [5.41, 5.74) is -2.86. The van der Waals surface area contributed by atoms with Crippen LogP contribution in [0.15, 0.2) is 12.1 Å². The lowest BCUT2D eigenvalue weighted by molar-refractivity contribution is -0.148. The predicted octanol–water partition coefficient (Wildman–Crippen LogP) is 2.26. The van der Waals surface area contributed by atoms with E-state index in [1.54, 1.807) is 6.92 Å². The molecule has 1 unspecified atom stereocenters. The highest BCUT2D eigenvalue weighted by Gasteiger charge is 2.33. The summed E-state index contributed by atoms with van der Waals surface area (Å²) in [6, 6.07) is 0.885. The number of carbonyl (C=O) groups is 1. The minimum Gasteiger partial charge on any atom is -0.466 e. The van der Waals surface area contributed by atoms with Gasteiger partial charge in [0.15, 0.2) is 0 Å². The second kappa shape index (κ2) is 5.39. The Labute approximate surface area is 102 Å². The number of ether oxygens (including phenoxy) is 1. The highest BCUT2D eigenvalue weighted by atomic mass is 19.1. The van der Waals surface area contributed by atoms with Crippen LogP contribution < -0.4 is 0 Å². The fourth-order valence-corrected chi connectivity index (χ4v) is 1.64. The van der Waals surface area contributed by atoms with Crippen LogP contribution in [0, 0.1) is 17.5 Å². The number of carbonyl (C=O) groups excluding carboxylic acids is 1. The SMILES string of the molecule is CCOC(=O)CC(C)(O)c1c(F)cc(F)cc1F. The molecule has 6 heteroatoms. The molecular weight excluding hydrogens is 249 g/mol. The van der Waals surface area contributed by atoms with Gasteiger partial charge in [0, 0.05) is 12.1 Å². The minimum atomic E-state index is -2.10. The van der Waals surface area contributed by atoms with Crippen LogP contribution in [0.1, 0.15) is 25.8 Å². The zero-order valence-electron chi connectivity index (χ0n) is 9.97. The molecule has 0 aliphatic rings. The largest absolute Gasteiger partial charge is 0.466 e. The van der Waals surface area contributed by atoms with Crippen LogP contribution in [0.3, 0.4) is 0 Å². The van der Waals surface area contributed by atoms with Gasteiger partial charge in [0.1, 0.15) is 23.1 Å². The van der Waals surface area contributed by atoms with Crippen molar-refractivity contribution in [3.63, 3.8) is 0 Å². The molecule has 0 aromatic heterocycles. The second-order valence-electron chi connectivity index (χ2n) is 4.00. The predicted molar refractivity (Wildman–Crippen MR) is 57.1 cm³/mol. The summed E-state index contributed by atoms with van der Waals surface area (Å²) in [5, 5.41) is 9.93. The Balaban J connectivity index is 3.08. The van der Waals surface area contributed by atoms with Crippen LogP contribution in [0.4, 0.5) is 13.2 Å². The van der Waals surface area contributed by atoms with Gasteiger partial charge in [-0.2, -0.15) is 0 Å². The summed E-state index contributed by atoms with van der Waals surface area (Å²) in [6.07, 6.45) is -0.625. The molecular formula is C12H13F3O3. The van der Waals surface area contributed by atoms with Crippen LogP contribution in [0.25, 0.3) is 0 Å². The first kappa shape index (κ1) is 14.5. The number of benzene rings is 1. The van der Waals surface area contributed by atoms with E-state index in [1.807, 2.05) is 0 Å². The smallest absolute Gasteiger partial charge is 0.309 e. The maximum Gasteiger partial charge on any atom is 0.309 e. The zero-order valence-corrected chi connectivity index (χ0v) is 9.97. The van der Waals surface area contributed by atoms with Gasteiger partial charge in [-0.05, 0) is 13.8 Å². The molecule has 0 aliphatic carbocycles. The van der Waals surface area contributed by atoms with Crippen molar-refractivity contribution >= 4 is 5.97 Å². The molecule has 0 aliphatic heterocycles. The Hall–Kier alpha value is -1.56. The van der Waals surface area contributed by atoms with Gasteiger partial charge in [-0.3, -0.25) is 4.79 Å². The lowest BCUT2D eigenvalue weighted by Crippen LogP contribution is -2.29. The van der Waals surface area contributed by atoms with Crippen molar-refractivity contribution in [1.82, 2.24) is 0 Å². The Morgan fingerprint density at radius 2 is 1.83 bits per heavy atom. The van der Waals surface area contributed by atoms with Crippen molar-refractivity contribution in [2.24, 2.45) is 0 Å². The normalized spacial score (nSPS) is 14.1. The average Bonchev–Trinajstić information content (AvgIpc) is 2.13. The number of halogens is 3. The van der Waals surface area contributed by atoms with Crippen molar-refractivity contribution < 1.29 is 27.8 Å². The Morgan fingerprint density at radius 3 is 2.28 bits per heavy atom. The quantitative estimate of drug-likeness (QED) is 0.847. The summed E-state index contributed by atoms with van der Waals surface area (Å²) in [4.78, 5) is 11.2. The fourth-order valence-electron chi connectivity index (χ4n) is 1.64. The molecule has 0 bridgehead atoms. The third-order valence-corrected chi connectivity index (χ3v) is 2.34. The molecule has 0 saturated heterocycles. The van der Waals surface area contributed by atoms with Gasteiger partial charge in [-0.15, -0.1) is 0 Å². The van der Waals surface area contributed by atoms with E-state index in [0.29, 0.717) is 12.1 Å². The van der Waals surface area contributed by atoms with Crippen molar-refractivity contribution in [3.8, 4) is 0 Å². The monoisotopic (exact) mass is 262 g/mol. The molecule has 0 heterocycles. The number of rotatable bonds is 4. The molecule has 100 valence electrons. The third kappa shape index (κ3) is 3.22. The molecule has 1 aromatic rings. The van der Waals surface area contributed by atoms with Gasteiger partial charge in [0.2, 0.25) is 0 Å². The van der Waals surface area contributed by atoms with Crippen molar-refractivity contribution in [1.29, 1.82) is 0 Å². The lowest BCUT2D eigenvalue weighted by Gasteiger charge is -2.23. The van der Waals surface area contributed by atoms with E-state index in [-0.39, 0.29) is 6.61 Å². The summed E-state index contributed by atoms with van der Waals surface area (Å²) < 4.78 is 44.2. The molecule has 3 nitrogen and oxygen atoms in total. The molecule has 1 atom stereocenters. The van der Waals surface area contributed by atoms with Gasteiger partial charge in [0.05, 0.1) is 18.6 Å². The highest BCUT2D eigenvalue weighted by molar-refractivity contribution is 5.71. The Morgan fingerprint density at radius 1 is 1.33 bits per heavy atom. The van der Waals surface area contributed by atoms with Crippen molar-refractivity contribution in [2.75, 3.05) is 6.61 Å². The molecule has 18 heavy (non-hydrogen) atoms. The van der Waals surface area contributed by atoms with Gasteiger partial charge in [-0.1, -0.05) is 0 Å². The molecule has 0 radical (unpaired) electrons. The fraction of sp³-hybridized carbons (Fsp3) is 0.417. The lowest BCUT2D eigenvalue weighted by atomic mass is 9.91. The van der Waals surface area contributed by atoms with Crippen molar-refractivity contribution in [2.45, 2.75) is 25.9 Å². The maximum absolute atomic E-state index is 13.5. The van der Waals surface area contributed by atoms with E-state index in [2.05, 4.69) is 4.74 Å². The summed E-state index contributed by atoms with van der Waals surface area (Å²) in [6.45, 7) is 2.71. The van der Waals surface area contributed by atoms with Gasteiger partial charge in [0.25, 0.3) is 0 Å². The second-order valence-corrected chi connectivity index (χ2v) is 4.00. The van der Waals surface area contributed by atoms with Gasteiger partial charge < -0.3 is 9.84 Å². The number of hydrogen-bond acceptors (Lipinski definition) is 3. The van der Waals surface area contributed by atoms with E-state index in [0.717, 1.165) is 6.92 Å². The third-order valence-electron chi connectivity index (χ3n) is 2.34. The summed E-state index contributed by atoms with van der Waals surface area (Å²) in [7, 11) is 0. The average molecular weight is 262 g/mol. The number of esters is 1. The molecule has 0 spiro atoms. The minimum absolute atomic E-state index is 0.0866. The first-order valence-corrected chi connectivity index (χ1v) is 5.31. The van der Waals surface area contributed by atoms with Crippen LogP contribution in [0.2, 0.25) is 0 Å². The van der Waals surface area contributed by atoms with Gasteiger partial charge in [-0.25, -0.2) is 13.2 Å². The van der Waals surface area contributed by atoms with Crippen LogP contribution in [-0.2, 0) is 15.1 Å². The van der Waals surface area contributed by atoms with E-state index < -0.39 is 41.0 Å². The highest BCUT2D eigenvalue weighted by Crippen LogP contribution is 2.30. The topological polar surface area (TPSA) is 46.5 Å². The van der Waals surface area contributed by atoms with Crippen molar-refractivity contribution in [3.05, 3.63) is 35.1 Å². The first-order valence-electron chi connectivity index (χ1n) is 5.31. The first-order chi connectivity index (χ1) is 8.27. The van der Waals surface area contributed by atoms with E-state index in [9.17, 15) is 23.1 Å². The molecule has 0 fully saturated rings.